The fraction of sp³-hybridized carbons (Fsp3) is 0.600. The minimum atomic E-state index is -0.342. The molecule has 1 fully saturated rings. The number of rotatable bonds is 8. The molecule has 0 radical (unpaired) electrons. The maximum Gasteiger partial charge on any atom is 0.337 e. The van der Waals surface area contributed by atoms with Crippen molar-refractivity contribution in [2.45, 2.75) is 70.1 Å². The molecule has 1 unspecified atom stereocenters. The lowest BCUT2D eigenvalue weighted by Crippen LogP contribution is -2.40. The quantitative estimate of drug-likeness (QED) is 0.670. The Balaban J connectivity index is 1.86. The lowest BCUT2D eigenvalue weighted by atomic mass is 9.90. The number of esters is 1. The van der Waals surface area contributed by atoms with Crippen molar-refractivity contribution in [3.8, 4) is 0 Å². The van der Waals surface area contributed by atoms with E-state index < -0.39 is 0 Å². The molecule has 1 heterocycles. The Labute approximate surface area is 165 Å². The second kappa shape index (κ2) is 9.75. The van der Waals surface area contributed by atoms with Crippen LogP contribution in [0.5, 0.6) is 0 Å². The molecule has 152 valence electrons. The smallest absolute Gasteiger partial charge is 0.337 e. The lowest BCUT2D eigenvalue weighted by Gasteiger charge is -2.30. The van der Waals surface area contributed by atoms with Crippen LogP contribution in [0.3, 0.4) is 0 Å². The molecule has 1 saturated carbocycles. The average molecular weight is 387 g/mol. The summed E-state index contributed by atoms with van der Waals surface area (Å²) in [5, 5.41) is 16.2. The minimum absolute atomic E-state index is 0.141. The van der Waals surface area contributed by atoms with Crippen molar-refractivity contribution in [1.82, 2.24) is 25.5 Å². The summed E-state index contributed by atoms with van der Waals surface area (Å²) in [7, 11) is 1.39. The van der Waals surface area contributed by atoms with E-state index in [0.29, 0.717) is 17.6 Å². The van der Waals surface area contributed by atoms with Crippen LogP contribution >= 0.6 is 0 Å². The number of methoxy groups -OCH3 is 1. The molecule has 8 nitrogen and oxygen atoms in total. The predicted octanol–water partition coefficient (Wildman–Crippen LogP) is 2.21. The zero-order valence-electron chi connectivity index (χ0n) is 16.7. The Kier molecular flexibility index (Phi) is 7.11. The van der Waals surface area contributed by atoms with E-state index in [1.165, 1.54) is 7.11 Å². The Bertz CT molecular complexity index is 752. The highest BCUT2D eigenvalue weighted by Crippen LogP contribution is 2.25. The number of nitrogens with zero attached hydrogens (tertiary/aromatic N) is 4. The Morgan fingerprint density at radius 3 is 2.64 bits per heavy atom. The molecule has 1 aromatic carbocycles. The maximum absolute atomic E-state index is 11.8. The first kappa shape index (κ1) is 20.4. The molecule has 8 heteroatoms. The van der Waals surface area contributed by atoms with E-state index in [4.69, 9.17) is 10.5 Å². The molecule has 0 amide bonds. The molecule has 3 rings (SSSR count). The van der Waals surface area contributed by atoms with E-state index in [9.17, 15) is 4.79 Å². The van der Waals surface area contributed by atoms with Gasteiger partial charge in [-0.05, 0) is 60.2 Å². The minimum Gasteiger partial charge on any atom is -0.465 e. The summed E-state index contributed by atoms with van der Waals surface area (Å²) < 4.78 is 6.68. The SMILES string of the molecule is CCCCn1nnnc1C(NC1CCC(N)CC1)c1ccc(C(=O)OC)cc1. The predicted molar refractivity (Wildman–Crippen MR) is 106 cm³/mol. The summed E-state index contributed by atoms with van der Waals surface area (Å²) in [6.07, 6.45) is 6.21. The van der Waals surface area contributed by atoms with Gasteiger partial charge in [0.1, 0.15) is 0 Å². The van der Waals surface area contributed by atoms with Crippen LogP contribution in [-0.4, -0.2) is 45.4 Å². The van der Waals surface area contributed by atoms with E-state index in [1.807, 2.05) is 16.8 Å². The zero-order valence-corrected chi connectivity index (χ0v) is 16.7. The number of nitrogens with one attached hydrogen (secondary N) is 1. The van der Waals surface area contributed by atoms with E-state index in [2.05, 4.69) is 27.8 Å². The van der Waals surface area contributed by atoms with Crippen LogP contribution in [0.2, 0.25) is 0 Å². The normalized spacial score (nSPS) is 20.7. The molecule has 0 saturated heterocycles. The number of hydrogen-bond acceptors (Lipinski definition) is 7. The summed E-state index contributed by atoms with van der Waals surface area (Å²) in [4.78, 5) is 11.8. The fourth-order valence-corrected chi connectivity index (χ4v) is 3.66. The monoisotopic (exact) mass is 386 g/mol. The molecule has 0 spiro atoms. The molecular weight excluding hydrogens is 356 g/mol. The fourth-order valence-electron chi connectivity index (χ4n) is 3.66. The second-order valence-electron chi connectivity index (χ2n) is 7.44. The number of nitrogens with two attached hydrogens (primary N) is 1. The van der Waals surface area contributed by atoms with Gasteiger partial charge in [-0.15, -0.1) is 5.10 Å². The third-order valence-electron chi connectivity index (χ3n) is 5.38. The zero-order chi connectivity index (χ0) is 19.9. The van der Waals surface area contributed by atoms with Crippen LogP contribution < -0.4 is 11.1 Å². The van der Waals surface area contributed by atoms with Gasteiger partial charge < -0.3 is 15.8 Å². The Hall–Kier alpha value is -2.32. The summed E-state index contributed by atoms with van der Waals surface area (Å²) >= 11 is 0. The van der Waals surface area contributed by atoms with Crippen LogP contribution in [0, 0.1) is 0 Å². The number of ether oxygens (including phenoxy) is 1. The van der Waals surface area contributed by atoms with Gasteiger partial charge in [0, 0.05) is 18.6 Å². The van der Waals surface area contributed by atoms with Crippen LogP contribution in [0.25, 0.3) is 0 Å². The molecule has 0 bridgehead atoms. The number of carbonyl (C=O) groups is 1. The van der Waals surface area contributed by atoms with Crippen LogP contribution in [-0.2, 0) is 11.3 Å². The van der Waals surface area contributed by atoms with Gasteiger partial charge >= 0.3 is 5.97 Å². The third kappa shape index (κ3) is 4.94. The first-order valence-corrected chi connectivity index (χ1v) is 10.1. The molecule has 1 aromatic heterocycles. The molecule has 1 aliphatic rings. The van der Waals surface area contributed by atoms with E-state index in [-0.39, 0.29) is 12.0 Å². The van der Waals surface area contributed by atoms with Crippen LogP contribution in [0.1, 0.15) is 73.2 Å². The summed E-state index contributed by atoms with van der Waals surface area (Å²) in [5.74, 6) is 0.458. The number of hydrogen-bond donors (Lipinski definition) is 2. The molecule has 3 N–H and O–H groups in total. The van der Waals surface area contributed by atoms with Crippen molar-refractivity contribution < 1.29 is 9.53 Å². The number of aromatic nitrogens is 4. The van der Waals surface area contributed by atoms with Gasteiger partial charge in [-0.3, -0.25) is 0 Å². The molecule has 1 atom stereocenters. The number of unbranched alkanes of at least 4 members (excludes halogenated alkanes) is 1. The topological polar surface area (TPSA) is 108 Å². The standard InChI is InChI=1S/C20H30N6O2/c1-3-4-13-26-19(23-24-25-26)18(22-17-11-9-16(21)10-12-17)14-5-7-15(8-6-14)20(27)28-2/h5-8,16-18,22H,3-4,9-13,21H2,1-2H3. The van der Waals surface area contributed by atoms with Gasteiger partial charge in [0.15, 0.2) is 5.82 Å². The molecule has 0 aliphatic heterocycles. The molecule has 28 heavy (non-hydrogen) atoms. The van der Waals surface area contributed by atoms with Crippen molar-refractivity contribution in [3.63, 3.8) is 0 Å². The molecule has 1 aliphatic carbocycles. The van der Waals surface area contributed by atoms with E-state index in [0.717, 1.165) is 56.5 Å². The number of aryl methyl sites for hydroxylation is 1. The van der Waals surface area contributed by atoms with Crippen molar-refractivity contribution >= 4 is 5.97 Å². The maximum atomic E-state index is 11.8. The van der Waals surface area contributed by atoms with Crippen molar-refractivity contribution in [2.24, 2.45) is 5.73 Å². The Morgan fingerprint density at radius 1 is 1.29 bits per heavy atom. The van der Waals surface area contributed by atoms with E-state index in [1.54, 1.807) is 12.1 Å². The number of carbonyl (C=O) groups excluding carboxylic acids is 1. The third-order valence-corrected chi connectivity index (χ3v) is 5.38. The number of tetrazole rings is 1. The van der Waals surface area contributed by atoms with Crippen LogP contribution in [0.4, 0.5) is 0 Å². The number of benzene rings is 1. The largest absolute Gasteiger partial charge is 0.465 e. The van der Waals surface area contributed by atoms with Gasteiger partial charge in [-0.1, -0.05) is 25.5 Å². The average Bonchev–Trinajstić information content (AvgIpc) is 3.19. The molecular formula is C20H30N6O2. The summed E-state index contributed by atoms with van der Waals surface area (Å²) in [6.45, 7) is 2.93. The first-order valence-electron chi connectivity index (χ1n) is 10.1. The van der Waals surface area contributed by atoms with Crippen molar-refractivity contribution in [2.75, 3.05) is 7.11 Å². The first-order chi connectivity index (χ1) is 13.6. The summed E-state index contributed by atoms with van der Waals surface area (Å²) in [5.41, 5.74) is 7.61. The van der Waals surface area contributed by atoms with Gasteiger partial charge in [0.2, 0.25) is 0 Å². The second-order valence-corrected chi connectivity index (χ2v) is 7.44. The van der Waals surface area contributed by atoms with Gasteiger partial charge in [0.05, 0.1) is 18.7 Å². The molecule has 2 aromatic rings. The van der Waals surface area contributed by atoms with Crippen molar-refractivity contribution in [1.29, 1.82) is 0 Å². The van der Waals surface area contributed by atoms with Gasteiger partial charge in [-0.2, -0.15) is 0 Å². The lowest BCUT2D eigenvalue weighted by molar-refractivity contribution is 0.0600. The van der Waals surface area contributed by atoms with Crippen molar-refractivity contribution in [3.05, 3.63) is 41.2 Å². The highest BCUT2D eigenvalue weighted by molar-refractivity contribution is 5.89. The highest BCUT2D eigenvalue weighted by Gasteiger charge is 2.27. The summed E-state index contributed by atoms with van der Waals surface area (Å²) in [6, 6.07) is 7.97. The van der Waals surface area contributed by atoms with E-state index >= 15 is 0 Å². The Morgan fingerprint density at radius 2 is 2.00 bits per heavy atom. The van der Waals surface area contributed by atoms with Crippen LogP contribution in [0.15, 0.2) is 24.3 Å². The van der Waals surface area contributed by atoms with Gasteiger partial charge in [-0.25, -0.2) is 9.48 Å². The van der Waals surface area contributed by atoms with Gasteiger partial charge in [0.25, 0.3) is 0 Å². The highest BCUT2D eigenvalue weighted by atomic mass is 16.5.